The fourth-order valence-electron chi connectivity index (χ4n) is 3.64. The summed E-state index contributed by atoms with van der Waals surface area (Å²) in [7, 11) is -2.90. The van der Waals surface area contributed by atoms with Gasteiger partial charge in [-0.1, -0.05) is 0 Å². The third-order valence-electron chi connectivity index (χ3n) is 5.26. The van der Waals surface area contributed by atoms with Crippen LogP contribution in [0, 0.1) is 13.8 Å². The monoisotopic (exact) mass is 380 g/mol. The molecule has 0 spiro atoms. The zero-order chi connectivity index (χ0) is 17.6. The van der Waals surface area contributed by atoms with Crippen molar-refractivity contribution in [1.29, 1.82) is 0 Å². The van der Waals surface area contributed by atoms with Gasteiger partial charge in [0.05, 0.1) is 23.4 Å². The molecule has 2 aromatic heterocycles. The number of nitrogens with zero attached hydrogens (tertiary/aromatic N) is 4. The van der Waals surface area contributed by atoms with Crippen molar-refractivity contribution in [3.63, 3.8) is 0 Å². The average molecular weight is 381 g/mol. The number of aromatic nitrogens is 2. The number of fused-ring (bicyclic) bond motifs is 1. The molecule has 2 fully saturated rings. The Hall–Kier alpha value is -1.25. The number of sulfone groups is 1. The Morgan fingerprint density at radius 3 is 2.40 bits per heavy atom. The van der Waals surface area contributed by atoms with E-state index in [-0.39, 0.29) is 11.5 Å². The van der Waals surface area contributed by atoms with Gasteiger partial charge in [-0.3, -0.25) is 4.90 Å². The standard InChI is InChI=1S/C17H24N4O2S2/c1-12-13(2)24-17-15(12)16(21-7-9-25(22,23)10-8-21)18-14(19-17)11-20-5-3-4-6-20/h3-11H2,1-2H3. The van der Waals surface area contributed by atoms with Gasteiger partial charge < -0.3 is 4.90 Å². The highest BCUT2D eigenvalue weighted by atomic mass is 32.2. The first-order chi connectivity index (χ1) is 11.9. The molecular formula is C17H24N4O2S2. The molecule has 0 amide bonds. The summed E-state index contributed by atoms with van der Waals surface area (Å²) in [5.74, 6) is 2.21. The highest BCUT2D eigenvalue weighted by Gasteiger charge is 2.26. The van der Waals surface area contributed by atoms with Crippen molar-refractivity contribution in [2.75, 3.05) is 42.6 Å². The van der Waals surface area contributed by atoms with Crippen LogP contribution in [-0.2, 0) is 16.4 Å². The average Bonchev–Trinajstić information content (AvgIpc) is 3.16. The van der Waals surface area contributed by atoms with Crippen LogP contribution in [0.25, 0.3) is 10.2 Å². The van der Waals surface area contributed by atoms with Crippen LogP contribution >= 0.6 is 11.3 Å². The quantitative estimate of drug-likeness (QED) is 0.813. The van der Waals surface area contributed by atoms with Crippen LogP contribution < -0.4 is 4.90 Å². The minimum Gasteiger partial charge on any atom is -0.354 e. The number of likely N-dealkylation sites (tertiary alicyclic amines) is 1. The van der Waals surface area contributed by atoms with Crippen molar-refractivity contribution in [3.8, 4) is 0 Å². The van der Waals surface area contributed by atoms with Gasteiger partial charge in [-0.2, -0.15) is 0 Å². The van der Waals surface area contributed by atoms with Crippen LogP contribution in [0.15, 0.2) is 0 Å². The highest BCUT2D eigenvalue weighted by molar-refractivity contribution is 7.91. The number of thiophene rings is 1. The Labute approximate surface area is 152 Å². The smallest absolute Gasteiger partial charge is 0.153 e. The van der Waals surface area contributed by atoms with Crippen LogP contribution in [0.1, 0.15) is 29.1 Å². The summed E-state index contributed by atoms with van der Waals surface area (Å²) in [6.45, 7) is 8.28. The van der Waals surface area contributed by atoms with E-state index in [0.29, 0.717) is 13.1 Å². The van der Waals surface area contributed by atoms with E-state index in [4.69, 9.17) is 9.97 Å². The molecule has 0 bridgehead atoms. The molecular weight excluding hydrogens is 356 g/mol. The maximum absolute atomic E-state index is 11.8. The van der Waals surface area contributed by atoms with E-state index in [0.717, 1.165) is 41.5 Å². The molecule has 136 valence electrons. The Morgan fingerprint density at radius 1 is 1.04 bits per heavy atom. The van der Waals surface area contributed by atoms with Gasteiger partial charge in [0, 0.05) is 18.0 Å². The largest absolute Gasteiger partial charge is 0.354 e. The van der Waals surface area contributed by atoms with Crippen molar-refractivity contribution < 1.29 is 8.42 Å². The van der Waals surface area contributed by atoms with Gasteiger partial charge in [-0.25, -0.2) is 18.4 Å². The van der Waals surface area contributed by atoms with Gasteiger partial charge in [-0.15, -0.1) is 11.3 Å². The zero-order valence-corrected chi connectivity index (χ0v) is 16.4. The second-order valence-electron chi connectivity index (χ2n) is 7.05. The van der Waals surface area contributed by atoms with Crippen LogP contribution in [0.4, 0.5) is 5.82 Å². The Morgan fingerprint density at radius 2 is 1.72 bits per heavy atom. The summed E-state index contributed by atoms with van der Waals surface area (Å²) >= 11 is 1.71. The van der Waals surface area contributed by atoms with Gasteiger partial charge in [0.1, 0.15) is 16.5 Å². The van der Waals surface area contributed by atoms with Crippen molar-refractivity contribution >= 4 is 37.2 Å². The molecule has 25 heavy (non-hydrogen) atoms. The molecule has 0 N–H and O–H groups in total. The van der Waals surface area contributed by atoms with E-state index in [1.165, 1.54) is 23.3 Å². The van der Waals surface area contributed by atoms with Crippen molar-refractivity contribution in [2.45, 2.75) is 33.2 Å². The number of hydrogen-bond donors (Lipinski definition) is 0. The van der Waals surface area contributed by atoms with Gasteiger partial charge in [0.25, 0.3) is 0 Å². The lowest BCUT2D eigenvalue weighted by Crippen LogP contribution is -2.41. The lowest BCUT2D eigenvalue weighted by Gasteiger charge is -2.29. The molecule has 2 saturated heterocycles. The molecule has 8 heteroatoms. The Kier molecular flexibility index (Phi) is 4.45. The number of aryl methyl sites for hydroxylation is 2. The zero-order valence-electron chi connectivity index (χ0n) is 14.8. The summed E-state index contributed by atoms with van der Waals surface area (Å²) < 4.78 is 23.6. The second-order valence-corrected chi connectivity index (χ2v) is 10.6. The maximum atomic E-state index is 11.8. The lowest BCUT2D eigenvalue weighted by atomic mass is 10.2. The maximum Gasteiger partial charge on any atom is 0.153 e. The summed E-state index contributed by atoms with van der Waals surface area (Å²) in [5.41, 5.74) is 1.22. The molecule has 2 aromatic rings. The summed E-state index contributed by atoms with van der Waals surface area (Å²) in [6.07, 6.45) is 2.49. The molecule has 0 unspecified atom stereocenters. The third kappa shape index (κ3) is 3.39. The summed E-state index contributed by atoms with van der Waals surface area (Å²) in [5, 5.41) is 1.10. The fraction of sp³-hybridized carbons (Fsp3) is 0.647. The van der Waals surface area contributed by atoms with E-state index in [2.05, 4.69) is 23.6 Å². The molecule has 0 saturated carbocycles. The molecule has 2 aliphatic rings. The van der Waals surface area contributed by atoms with Crippen molar-refractivity contribution in [1.82, 2.24) is 14.9 Å². The Bertz CT molecular complexity index is 887. The predicted octanol–water partition coefficient (Wildman–Crippen LogP) is 2.14. The van der Waals surface area contributed by atoms with Gasteiger partial charge in [-0.05, 0) is 45.3 Å². The lowest BCUT2D eigenvalue weighted by molar-refractivity contribution is 0.323. The normalized spacial score (nSPS) is 21.3. The van der Waals surface area contributed by atoms with E-state index in [9.17, 15) is 8.42 Å². The molecule has 2 aliphatic heterocycles. The first-order valence-corrected chi connectivity index (χ1v) is 11.5. The van der Waals surface area contributed by atoms with Crippen LogP contribution in [0.5, 0.6) is 0 Å². The summed E-state index contributed by atoms with van der Waals surface area (Å²) in [4.78, 5) is 16.5. The topological polar surface area (TPSA) is 66.4 Å². The van der Waals surface area contributed by atoms with E-state index in [1.54, 1.807) is 11.3 Å². The first-order valence-electron chi connectivity index (χ1n) is 8.87. The fourth-order valence-corrected chi connectivity index (χ4v) is 5.88. The number of rotatable bonds is 3. The van der Waals surface area contributed by atoms with Crippen LogP contribution in [0.2, 0.25) is 0 Å². The molecule has 0 aromatic carbocycles. The molecule has 6 nitrogen and oxygen atoms in total. The van der Waals surface area contributed by atoms with E-state index in [1.807, 2.05) is 0 Å². The van der Waals surface area contributed by atoms with Crippen LogP contribution in [0.3, 0.4) is 0 Å². The number of anilines is 1. The third-order valence-corrected chi connectivity index (χ3v) is 7.97. The van der Waals surface area contributed by atoms with Crippen molar-refractivity contribution in [3.05, 3.63) is 16.3 Å². The molecule has 0 aliphatic carbocycles. The molecule has 0 atom stereocenters. The molecule has 0 radical (unpaired) electrons. The number of hydrogen-bond acceptors (Lipinski definition) is 7. The minimum atomic E-state index is -2.90. The van der Waals surface area contributed by atoms with Crippen molar-refractivity contribution in [2.24, 2.45) is 0 Å². The summed E-state index contributed by atoms with van der Waals surface area (Å²) in [6, 6.07) is 0. The first kappa shape index (κ1) is 17.2. The van der Waals surface area contributed by atoms with E-state index < -0.39 is 9.84 Å². The molecule has 4 heterocycles. The SMILES string of the molecule is Cc1sc2nc(CN3CCCC3)nc(N3CCS(=O)(=O)CC3)c2c1C. The molecule has 4 rings (SSSR count). The van der Waals surface area contributed by atoms with Gasteiger partial charge >= 0.3 is 0 Å². The predicted molar refractivity (Wildman–Crippen MR) is 102 cm³/mol. The Balaban J connectivity index is 1.74. The van der Waals surface area contributed by atoms with Crippen LogP contribution in [-0.4, -0.2) is 61.0 Å². The van der Waals surface area contributed by atoms with Gasteiger partial charge in [0.2, 0.25) is 0 Å². The minimum absolute atomic E-state index is 0.210. The van der Waals surface area contributed by atoms with E-state index >= 15 is 0 Å². The highest BCUT2D eigenvalue weighted by Crippen LogP contribution is 2.35. The second kappa shape index (κ2) is 6.48. The van der Waals surface area contributed by atoms with Gasteiger partial charge in [0.15, 0.2) is 9.84 Å².